The predicted octanol–water partition coefficient (Wildman–Crippen LogP) is 1.85. The molecule has 1 aliphatic heterocycles. The van der Waals surface area contributed by atoms with Crippen molar-refractivity contribution < 1.29 is 9.90 Å². The fourth-order valence-electron chi connectivity index (χ4n) is 3.62. The third-order valence-electron chi connectivity index (χ3n) is 5.32. The maximum absolute atomic E-state index is 12.6. The molecule has 2 aromatic heterocycles. The maximum atomic E-state index is 12.6. The number of hydrogen-bond donors (Lipinski definition) is 2. The first kappa shape index (κ1) is 18.6. The van der Waals surface area contributed by atoms with E-state index in [0.29, 0.717) is 17.6 Å². The highest BCUT2D eigenvalue weighted by Crippen LogP contribution is 2.17. The van der Waals surface area contributed by atoms with Crippen LogP contribution in [0, 0.1) is 0 Å². The van der Waals surface area contributed by atoms with E-state index < -0.39 is 0 Å². The van der Waals surface area contributed by atoms with E-state index in [-0.39, 0.29) is 12.0 Å². The van der Waals surface area contributed by atoms with Gasteiger partial charge in [0.05, 0.1) is 18.0 Å². The smallest absolute Gasteiger partial charge is 0.253 e. The number of aryl methyl sites for hydroxylation is 1. The Morgan fingerprint density at radius 1 is 1.21 bits per heavy atom. The summed E-state index contributed by atoms with van der Waals surface area (Å²) in [6, 6.07) is 9.94. The number of benzene rings is 1. The van der Waals surface area contributed by atoms with Crippen molar-refractivity contribution in [3.05, 3.63) is 59.5 Å². The van der Waals surface area contributed by atoms with E-state index in [1.807, 2.05) is 23.7 Å². The first-order valence-corrected chi connectivity index (χ1v) is 9.62. The van der Waals surface area contributed by atoms with Gasteiger partial charge >= 0.3 is 0 Å². The first-order valence-electron chi connectivity index (χ1n) is 9.62. The van der Waals surface area contributed by atoms with Gasteiger partial charge in [-0.2, -0.15) is 0 Å². The van der Waals surface area contributed by atoms with Crippen LogP contribution >= 0.6 is 0 Å². The number of fused-ring (bicyclic) bond motifs is 1. The third kappa shape index (κ3) is 4.05. The molecule has 1 saturated heterocycles. The lowest BCUT2D eigenvalue weighted by Crippen LogP contribution is -2.35. The Morgan fingerprint density at radius 2 is 1.96 bits per heavy atom. The lowest BCUT2D eigenvalue weighted by atomic mass is 10.0. The highest BCUT2D eigenvalue weighted by atomic mass is 16.3. The summed E-state index contributed by atoms with van der Waals surface area (Å²) in [7, 11) is 1.88. The molecule has 2 N–H and O–H groups in total. The van der Waals surface area contributed by atoms with Crippen LogP contribution in [-0.4, -0.2) is 49.6 Å². The molecular formula is C21H25N5O2. The van der Waals surface area contributed by atoms with Gasteiger partial charge in [-0.25, -0.2) is 9.97 Å². The van der Waals surface area contributed by atoms with Gasteiger partial charge in [-0.1, -0.05) is 24.3 Å². The molecule has 1 fully saturated rings. The third-order valence-corrected chi connectivity index (χ3v) is 5.32. The number of amides is 1. The molecule has 7 heteroatoms. The molecule has 3 heterocycles. The highest BCUT2D eigenvalue weighted by molar-refractivity contribution is 5.96. The van der Waals surface area contributed by atoms with Gasteiger partial charge in [0.2, 0.25) is 0 Å². The normalized spacial score (nSPS) is 15.8. The Kier molecular flexibility index (Phi) is 5.36. The van der Waals surface area contributed by atoms with Crippen molar-refractivity contribution in [1.82, 2.24) is 24.8 Å². The Bertz CT molecular complexity index is 976. The van der Waals surface area contributed by atoms with E-state index in [1.54, 1.807) is 18.6 Å². The Morgan fingerprint density at radius 3 is 2.75 bits per heavy atom. The van der Waals surface area contributed by atoms with Gasteiger partial charge in [0.1, 0.15) is 5.52 Å². The summed E-state index contributed by atoms with van der Waals surface area (Å²) in [5, 5.41) is 12.7. The summed E-state index contributed by atoms with van der Waals surface area (Å²) < 4.78 is 1.83. The SMILES string of the molecule is Cn1cnc2cc(C(=O)NCc3ccccc3CN3CCC(O)CC3)cnc21. The molecule has 0 aliphatic carbocycles. The van der Waals surface area contributed by atoms with Gasteiger partial charge in [-0.3, -0.25) is 9.69 Å². The van der Waals surface area contributed by atoms with Crippen LogP contribution in [0.5, 0.6) is 0 Å². The van der Waals surface area contributed by atoms with E-state index in [9.17, 15) is 9.90 Å². The number of carbonyl (C=O) groups excluding carboxylic acids is 1. The van der Waals surface area contributed by atoms with Crippen molar-refractivity contribution in [3.8, 4) is 0 Å². The van der Waals surface area contributed by atoms with Gasteiger partial charge in [-0.05, 0) is 30.0 Å². The fourth-order valence-corrected chi connectivity index (χ4v) is 3.62. The van der Waals surface area contributed by atoms with Crippen LogP contribution in [-0.2, 0) is 20.1 Å². The number of aromatic nitrogens is 3. The number of aliphatic hydroxyl groups is 1. The molecule has 0 atom stereocenters. The lowest BCUT2D eigenvalue weighted by Gasteiger charge is -2.30. The Labute approximate surface area is 164 Å². The Hall–Kier alpha value is -2.77. The summed E-state index contributed by atoms with van der Waals surface area (Å²) in [5.74, 6) is -0.157. The number of hydrogen-bond acceptors (Lipinski definition) is 5. The van der Waals surface area contributed by atoms with Crippen LogP contribution in [0.1, 0.15) is 34.3 Å². The van der Waals surface area contributed by atoms with E-state index in [1.165, 1.54) is 5.56 Å². The lowest BCUT2D eigenvalue weighted by molar-refractivity contribution is 0.0790. The minimum atomic E-state index is -0.171. The standard InChI is InChI=1S/C21H25N5O2/c1-25-14-24-19-10-17(12-22-20(19)25)21(28)23-11-15-4-2-3-5-16(15)13-26-8-6-18(27)7-9-26/h2-5,10,12,14,18,27H,6-9,11,13H2,1H3,(H,23,28). The number of piperidine rings is 1. The molecule has 3 aromatic rings. The second kappa shape index (κ2) is 8.08. The largest absolute Gasteiger partial charge is 0.393 e. The summed E-state index contributed by atoms with van der Waals surface area (Å²) in [6.07, 6.45) is 4.75. The number of aliphatic hydroxyl groups excluding tert-OH is 1. The average Bonchev–Trinajstić information content (AvgIpc) is 3.09. The topological polar surface area (TPSA) is 83.3 Å². The molecule has 4 rings (SSSR count). The van der Waals surface area contributed by atoms with E-state index in [4.69, 9.17) is 0 Å². The summed E-state index contributed by atoms with van der Waals surface area (Å²) in [5.41, 5.74) is 4.29. The van der Waals surface area contributed by atoms with Crippen LogP contribution in [0.4, 0.5) is 0 Å². The molecule has 28 heavy (non-hydrogen) atoms. The van der Waals surface area contributed by atoms with Gasteiger partial charge in [0, 0.05) is 39.4 Å². The van der Waals surface area contributed by atoms with Crippen molar-refractivity contribution in [2.45, 2.75) is 32.0 Å². The minimum absolute atomic E-state index is 0.157. The van der Waals surface area contributed by atoms with Crippen molar-refractivity contribution in [2.75, 3.05) is 13.1 Å². The number of nitrogens with zero attached hydrogens (tertiary/aromatic N) is 4. The average molecular weight is 379 g/mol. The summed E-state index contributed by atoms with van der Waals surface area (Å²) in [4.78, 5) is 23.5. The van der Waals surface area contributed by atoms with Crippen molar-refractivity contribution in [2.24, 2.45) is 7.05 Å². The van der Waals surface area contributed by atoms with Crippen molar-refractivity contribution in [1.29, 1.82) is 0 Å². The van der Waals surface area contributed by atoms with Crippen molar-refractivity contribution >= 4 is 17.1 Å². The summed E-state index contributed by atoms with van der Waals surface area (Å²) >= 11 is 0. The van der Waals surface area contributed by atoms with Crippen molar-refractivity contribution in [3.63, 3.8) is 0 Å². The number of imidazole rings is 1. The number of likely N-dealkylation sites (tertiary alicyclic amines) is 1. The molecule has 0 saturated carbocycles. The van der Waals surface area contributed by atoms with Gasteiger partial charge < -0.3 is 15.0 Å². The van der Waals surface area contributed by atoms with Crippen LogP contribution in [0.3, 0.4) is 0 Å². The number of carbonyl (C=O) groups is 1. The second-order valence-electron chi connectivity index (χ2n) is 7.38. The predicted molar refractivity (Wildman–Crippen MR) is 107 cm³/mol. The fraction of sp³-hybridized carbons (Fsp3) is 0.381. The molecule has 0 bridgehead atoms. The molecule has 1 aromatic carbocycles. The summed E-state index contributed by atoms with van der Waals surface area (Å²) in [6.45, 7) is 3.10. The number of rotatable bonds is 5. The molecule has 7 nitrogen and oxygen atoms in total. The molecule has 0 radical (unpaired) electrons. The van der Waals surface area contributed by atoms with Crippen LogP contribution in [0.15, 0.2) is 42.9 Å². The van der Waals surface area contributed by atoms with Gasteiger partial charge in [-0.15, -0.1) is 0 Å². The monoisotopic (exact) mass is 379 g/mol. The molecular weight excluding hydrogens is 354 g/mol. The zero-order valence-corrected chi connectivity index (χ0v) is 16.0. The molecule has 1 amide bonds. The molecule has 0 spiro atoms. The zero-order valence-electron chi connectivity index (χ0n) is 16.0. The first-order chi connectivity index (χ1) is 13.6. The van der Waals surface area contributed by atoms with E-state index in [2.05, 4.69) is 32.3 Å². The Balaban J connectivity index is 1.41. The van der Waals surface area contributed by atoms with E-state index in [0.717, 1.165) is 43.7 Å². The van der Waals surface area contributed by atoms with Crippen LogP contribution < -0.4 is 5.32 Å². The number of pyridine rings is 1. The minimum Gasteiger partial charge on any atom is -0.393 e. The molecule has 146 valence electrons. The van der Waals surface area contributed by atoms with E-state index >= 15 is 0 Å². The van der Waals surface area contributed by atoms with Gasteiger partial charge in [0.25, 0.3) is 5.91 Å². The highest BCUT2D eigenvalue weighted by Gasteiger charge is 2.18. The molecule has 0 unspecified atom stereocenters. The maximum Gasteiger partial charge on any atom is 0.253 e. The second-order valence-corrected chi connectivity index (χ2v) is 7.38. The molecule has 1 aliphatic rings. The van der Waals surface area contributed by atoms with Crippen LogP contribution in [0.2, 0.25) is 0 Å². The quantitative estimate of drug-likeness (QED) is 0.707. The zero-order chi connectivity index (χ0) is 19.5. The number of nitrogens with one attached hydrogen (secondary N) is 1. The van der Waals surface area contributed by atoms with Crippen LogP contribution in [0.25, 0.3) is 11.2 Å². The van der Waals surface area contributed by atoms with Gasteiger partial charge in [0.15, 0.2) is 5.65 Å².